The van der Waals surface area contributed by atoms with E-state index in [-0.39, 0.29) is 25.7 Å². The number of hydrogen-bond donors (Lipinski definition) is 2. The Morgan fingerprint density at radius 2 is 1.53 bits per heavy atom. The average Bonchev–Trinajstić information content (AvgIpc) is 2.21. The highest BCUT2D eigenvalue weighted by molar-refractivity contribution is 7.86. The van der Waals surface area contributed by atoms with E-state index in [9.17, 15) is 26.0 Å². The molecule has 0 aromatic rings. The fraction of sp³-hybridized carbons (Fsp3) is 1.00. The Labute approximate surface area is 111 Å². The standard InChI is InChI=1S/C8H14F4O3S.C2H7N/c9-7(16(13,14)15)5-3-1-2-4-6-8(10,11)12;1-3-2/h7H,1-6H2,(H,13,14,15);3H,1-2H3. The van der Waals surface area contributed by atoms with Gasteiger partial charge in [0.05, 0.1) is 0 Å². The van der Waals surface area contributed by atoms with Crippen molar-refractivity contribution >= 4 is 10.1 Å². The van der Waals surface area contributed by atoms with Crippen molar-refractivity contribution < 1.29 is 30.5 Å². The van der Waals surface area contributed by atoms with Gasteiger partial charge in [-0.25, -0.2) is 4.39 Å². The van der Waals surface area contributed by atoms with Crippen molar-refractivity contribution in [2.45, 2.75) is 50.2 Å². The van der Waals surface area contributed by atoms with Crippen LogP contribution in [0.2, 0.25) is 0 Å². The third-order valence-corrected chi connectivity index (χ3v) is 2.85. The Morgan fingerprint density at radius 3 is 1.89 bits per heavy atom. The van der Waals surface area contributed by atoms with E-state index < -0.39 is 28.2 Å². The Morgan fingerprint density at radius 1 is 1.11 bits per heavy atom. The van der Waals surface area contributed by atoms with Crippen LogP contribution < -0.4 is 5.32 Å². The van der Waals surface area contributed by atoms with Crippen molar-refractivity contribution in [3.8, 4) is 0 Å². The molecule has 0 radical (unpaired) electrons. The number of rotatable bonds is 7. The number of hydrogen-bond acceptors (Lipinski definition) is 3. The molecule has 0 amide bonds. The summed E-state index contributed by atoms with van der Waals surface area (Å²) in [4.78, 5) is 0. The minimum absolute atomic E-state index is 0.0493. The molecule has 1 unspecified atom stereocenters. The van der Waals surface area contributed by atoms with E-state index in [1.807, 2.05) is 14.1 Å². The maximum atomic E-state index is 12.6. The predicted octanol–water partition coefficient (Wildman–Crippen LogP) is 2.91. The molecule has 1 atom stereocenters. The van der Waals surface area contributed by atoms with Crippen molar-refractivity contribution in [3.63, 3.8) is 0 Å². The first-order valence-corrected chi connectivity index (χ1v) is 7.30. The van der Waals surface area contributed by atoms with Crippen LogP contribution in [0.5, 0.6) is 0 Å². The molecular formula is C10H21F4NO3S. The molecule has 0 heterocycles. The van der Waals surface area contributed by atoms with Gasteiger partial charge < -0.3 is 5.32 Å². The summed E-state index contributed by atoms with van der Waals surface area (Å²) in [6, 6.07) is 0. The molecule has 19 heavy (non-hydrogen) atoms. The molecule has 0 saturated heterocycles. The minimum atomic E-state index is -4.67. The number of unbranched alkanes of at least 4 members (excludes halogenated alkanes) is 3. The SMILES string of the molecule is CNC.O=S(=O)(O)C(F)CCCCCCC(F)(F)F. The molecule has 0 aromatic carbocycles. The lowest BCUT2D eigenvalue weighted by Gasteiger charge is -2.06. The third-order valence-electron chi connectivity index (χ3n) is 1.96. The Balaban J connectivity index is 0. The molecule has 0 aliphatic rings. The average molecular weight is 311 g/mol. The highest BCUT2D eigenvalue weighted by Crippen LogP contribution is 2.23. The van der Waals surface area contributed by atoms with Gasteiger partial charge in [-0.1, -0.05) is 12.8 Å². The van der Waals surface area contributed by atoms with Gasteiger partial charge in [-0.15, -0.1) is 0 Å². The molecule has 4 nitrogen and oxygen atoms in total. The van der Waals surface area contributed by atoms with Gasteiger partial charge in [0, 0.05) is 6.42 Å². The molecule has 0 bridgehead atoms. The zero-order chi connectivity index (χ0) is 15.5. The normalized spacial score (nSPS) is 13.6. The van der Waals surface area contributed by atoms with E-state index in [1.165, 1.54) is 0 Å². The quantitative estimate of drug-likeness (QED) is 0.431. The fourth-order valence-corrected chi connectivity index (χ4v) is 1.60. The van der Waals surface area contributed by atoms with Gasteiger partial charge in [-0.3, -0.25) is 4.55 Å². The zero-order valence-electron chi connectivity index (χ0n) is 11.0. The van der Waals surface area contributed by atoms with Crippen LogP contribution in [-0.4, -0.2) is 38.7 Å². The second-order valence-corrected chi connectivity index (χ2v) is 5.53. The van der Waals surface area contributed by atoms with E-state index in [2.05, 4.69) is 5.32 Å². The molecule has 118 valence electrons. The lowest BCUT2D eigenvalue weighted by Crippen LogP contribution is -2.14. The first-order chi connectivity index (χ1) is 8.54. The third kappa shape index (κ3) is 17.6. The van der Waals surface area contributed by atoms with Crippen LogP contribution in [0.1, 0.15) is 38.5 Å². The summed E-state index contributed by atoms with van der Waals surface area (Å²) in [5.41, 5.74) is -2.34. The van der Waals surface area contributed by atoms with E-state index in [1.54, 1.807) is 0 Å². The predicted molar refractivity (Wildman–Crippen MR) is 65.2 cm³/mol. The monoisotopic (exact) mass is 311 g/mol. The maximum absolute atomic E-state index is 12.6. The van der Waals surface area contributed by atoms with Crippen LogP contribution >= 0.6 is 0 Å². The maximum Gasteiger partial charge on any atom is 0.389 e. The van der Waals surface area contributed by atoms with Crippen molar-refractivity contribution in [2.24, 2.45) is 0 Å². The molecule has 0 aliphatic carbocycles. The van der Waals surface area contributed by atoms with Crippen molar-refractivity contribution in [2.75, 3.05) is 14.1 Å². The summed E-state index contributed by atoms with van der Waals surface area (Å²) in [7, 11) is -0.915. The van der Waals surface area contributed by atoms with Crippen LogP contribution in [0, 0.1) is 0 Å². The van der Waals surface area contributed by atoms with Crippen molar-refractivity contribution in [3.05, 3.63) is 0 Å². The highest BCUT2D eigenvalue weighted by atomic mass is 32.2. The van der Waals surface area contributed by atoms with Gasteiger partial charge in [0.25, 0.3) is 10.1 Å². The first-order valence-electron chi connectivity index (χ1n) is 5.80. The molecular weight excluding hydrogens is 290 g/mol. The van der Waals surface area contributed by atoms with Gasteiger partial charge in [-0.05, 0) is 33.4 Å². The van der Waals surface area contributed by atoms with Gasteiger partial charge in [0.1, 0.15) is 0 Å². The largest absolute Gasteiger partial charge is 0.389 e. The Bertz CT molecular complexity index is 306. The summed E-state index contributed by atoms with van der Waals surface area (Å²) < 4.78 is 76.3. The van der Waals surface area contributed by atoms with Crippen molar-refractivity contribution in [1.29, 1.82) is 0 Å². The van der Waals surface area contributed by atoms with E-state index in [0.717, 1.165) is 0 Å². The summed E-state index contributed by atoms with van der Waals surface area (Å²) in [5.74, 6) is 0. The Kier molecular flexibility index (Phi) is 11.4. The van der Waals surface area contributed by atoms with Gasteiger partial charge in [0.15, 0.2) is 0 Å². The molecule has 0 spiro atoms. The molecule has 0 aliphatic heterocycles. The van der Waals surface area contributed by atoms with Crippen LogP contribution in [0.25, 0.3) is 0 Å². The van der Waals surface area contributed by atoms with E-state index in [4.69, 9.17) is 4.55 Å². The molecule has 0 fully saturated rings. The summed E-state index contributed by atoms with van der Waals surface area (Å²) >= 11 is 0. The van der Waals surface area contributed by atoms with E-state index in [0.29, 0.717) is 6.42 Å². The second-order valence-electron chi connectivity index (χ2n) is 3.99. The lowest BCUT2D eigenvalue weighted by molar-refractivity contribution is -0.135. The summed E-state index contributed by atoms with van der Waals surface area (Å²) in [6.07, 6.45) is -4.79. The second kappa shape index (κ2) is 10.4. The lowest BCUT2D eigenvalue weighted by atomic mass is 10.1. The molecule has 0 saturated carbocycles. The van der Waals surface area contributed by atoms with Gasteiger partial charge in [-0.2, -0.15) is 21.6 Å². The minimum Gasteiger partial charge on any atom is -0.323 e. The number of halogens is 4. The van der Waals surface area contributed by atoms with Gasteiger partial charge in [0.2, 0.25) is 5.50 Å². The highest BCUT2D eigenvalue weighted by Gasteiger charge is 2.26. The molecule has 9 heteroatoms. The smallest absolute Gasteiger partial charge is 0.323 e. The molecule has 0 rings (SSSR count). The van der Waals surface area contributed by atoms with Crippen LogP contribution in [0.15, 0.2) is 0 Å². The van der Waals surface area contributed by atoms with Crippen LogP contribution in [-0.2, 0) is 10.1 Å². The number of alkyl halides is 4. The summed E-state index contributed by atoms with van der Waals surface area (Å²) in [5, 5.41) is 2.75. The van der Waals surface area contributed by atoms with Crippen molar-refractivity contribution in [1.82, 2.24) is 5.32 Å². The zero-order valence-corrected chi connectivity index (χ0v) is 11.8. The van der Waals surface area contributed by atoms with Crippen LogP contribution in [0.3, 0.4) is 0 Å². The topological polar surface area (TPSA) is 66.4 Å². The summed E-state index contributed by atoms with van der Waals surface area (Å²) in [6.45, 7) is 0. The molecule has 2 N–H and O–H groups in total. The fourth-order valence-electron chi connectivity index (χ4n) is 1.13. The van der Waals surface area contributed by atoms with Crippen LogP contribution in [0.4, 0.5) is 17.6 Å². The van der Waals surface area contributed by atoms with E-state index >= 15 is 0 Å². The first kappa shape index (κ1) is 20.9. The number of nitrogens with one attached hydrogen (secondary N) is 1. The Hall–Kier alpha value is -0.410. The molecule has 0 aromatic heterocycles. The van der Waals surface area contributed by atoms with Gasteiger partial charge >= 0.3 is 6.18 Å².